The second-order valence-electron chi connectivity index (χ2n) is 12.0. The minimum Gasteiger partial charge on any atom is -0.444 e. The van der Waals surface area contributed by atoms with E-state index in [0.29, 0.717) is 42.0 Å². The molecule has 0 spiro atoms. The molecule has 0 aliphatic carbocycles. The molecule has 4 heterocycles. The molecule has 222 valence electrons. The quantitative estimate of drug-likeness (QED) is 0.273. The van der Waals surface area contributed by atoms with Gasteiger partial charge in [-0.3, -0.25) is 0 Å². The van der Waals surface area contributed by atoms with Crippen LogP contribution in [-0.4, -0.2) is 66.8 Å². The number of rotatable bonds is 5. The summed E-state index contributed by atoms with van der Waals surface area (Å²) in [5, 5.41) is 7.81. The Kier molecular flexibility index (Phi) is 7.33. The first-order chi connectivity index (χ1) is 20.6. The maximum Gasteiger partial charge on any atom is 0.410 e. The maximum atomic E-state index is 16.3. The molecule has 1 amide bonds. The number of aromatic nitrogens is 5. The Morgan fingerprint density at radius 1 is 1.07 bits per heavy atom. The number of fused-ring (bicyclic) bond motifs is 2. The van der Waals surface area contributed by atoms with E-state index < -0.39 is 11.4 Å². The molecule has 11 heteroatoms. The number of hydrogen-bond acceptors (Lipinski definition) is 8. The lowest BCUT2D eigenvalue weighted by molar-refractivity contribution is 0.0218. The predicted molar refractivity (Wildman–Crippen MR) is 164 cm³/mol. The van der Waals surface area contributed by atoms with Gasteiger partial charge in [-0.1, -0.05) is 6.07 Å². The molecule has 1 unspecified atom stereocenters. The normalized spacial score (nSPS) is 15.7. The van der Waals surface area contributed by atoms with Crippen LogP contribution in [0.2, 0.25) is 0 Å². The van der Waals surface area contributed by atoms with Gasteiger partial charge in [-0.2, -0.15) is 5.10 Å². The predicted octanol–water partition coefficient (Wildman–Crippen LogP) is 5.90. The van der Waals surface area contributed by atoms with E-state index >= 15 is 4.39 Å². The minimum absolute atomic E-state index is 0.116. The van der Waals surface area contributed by atoms with E-state index in [1.807, 2.05) is 69.1 Å². The number of ether oxygens (including phenoxy) is 1. The van der Waals surface area contributed by atoms with Crippen LogP contribution in [-0.2, 0) is 11.2 Å². The van der Waals surface area contributed by atoms with E-state index in [-0.39, 0.29) is 12.1 Å². The van der Waals surface area contributed by atoms with Crippen molar-refractivity contribution in [1.82, 2.24) is 29.5 Å². The zero-order chi connectivity index (χ0) is 30.3. The fourth-order valence-corrected chi connectivity index (χ4v) is 5.52. The van der Waals surface area contributed by atoms with Gasteiger partial charge >= 0.3 is 6.09 Å². The number of anilines is 3. The van der Waals surface area contributed by atoms with E-state index in [1.54, 1.807) is 21.8 Å². The van der Waals surface area contributed by atoms with E-state index in [9.17, 15) is 4.79 Å². The van der Waals surface area contributed by atoms with E-state index in [4.69, 9.17) is 4.74 Å². The summed E-state index contributed by atoms with van der Waals surface area (Å²) in [6.45, 7) is 10.9. The van der Waals surface area contributed by atoms with E-state index in [0.717, 1.165) is 28.9 Å². The summed E-state index contributed by atoms with van der Waals surface area (Å²) >= 11 is 0. The van der Waals surface area contributed by atoms with Crippen LogP contribution in [0.3, 0.4) is 0 Å². The van der Waals surface area contributed by atoms with Gasteiger partial charge in [0.2, 0.25) is 0 Å². The number of aryl methyl sites for hydroxylation is 1. The molecule has 0 saturated carbocycles. The maximum absolute atomic E-state index is 16.3. The summed E-state index contributed by atoms with van der Waals surface area (Å²) in [5.74, 6) is 0.00388. The molecule has 3 aromatic heterocycles. The Balaban J connectivity index is 1.22. The van der Waals surface area contributed by atoms with Crippen LogP contribution in [0.25, 0.3) is 16.6 Å². The molecule has 1 aliphatic heterocycles. The van der Waals surface area contributed by atoms with Crippen LogP contribution in [0.5, 0.6) is 0 Å². The minimum atomic E-state index is -0.572. The molecule has 1 N–H and O–H groups in total. The molecule has 10 nitrogen and oxygen atoms in total. The highest BCUT2D eigenvalue weighted by Crippen LogP contribution is 2.34. The molecule has 0 bridgehead atoms. The largest absolute Gasteiger partial charge is 0.444 e. The molecule has 2 aromatic carbocycles. The molecule has 1 fully saturated rings. The number of halogens is 1. The lowest BCUT2D eigenvalue weighted by Gasteiger charge is -2.41. The number of carbonyl (C=O) groups excluding carboxylic acids is 1. The first kappa shape index (κ1) is 28.3. The average Bonchev–Trinajstić information content (AvgIpc) is 3.42. The Morgan fingerprint density at radius 3 is 2.67 bits per heavy atom. The van der Waals surface area contributed by atoms with Crippen molar-refractivity contribution in [3.05, 3.63) is 83.8 Å². The Labute approximate surface area is 249 Å². The molecular formula is C32H35FN8O2. The SMILES string of the molecule is Cc1cc(Nc2ncnc3ccc(N4CCN(C(=O)OC(C)(C)C)CC4C)c(F)c23)ccc1Cc1ccn2ncnc2c1. The van der Waals surface area contributed by atoms with Crippen molar-refractivity contribution in [2.24, 2.45) is 0 Å². The fourth-order valence-electron chi connectivity index (χ4n) is 5.52. The van der Waals surface area contributed by atoms with Crippen molar-refractivity contribution in [3.8, 4) is 0 Å². The second kappa shape index (κ2) is 11.1. The summed E-state index contributed by atoms with van der Waals surface area (Å²) < 4.78 is 23.5. The summed E-state index contributed by atoms with van der Waals surface area (Å²) in [6.07, 6.45) is 5.29. The topological polar surface area (TPSA) is 101 Å². The number of nitrogens with zero attached hydrogens (tertiary/aromatic N) is 7. The van der Waals surface area contributed by atoms with Crippen LogP contribution in [0, 0.1) is 12.7 Å². The molecule has 0 radical (unpaired) electrons. The highest BCUT2D eigenvalue weighted by atomic mass is 19.1. The van der Waals surface area contributed by atoms with Crippen molar-refractivity contribution in [2.75, 3.05) is 29.9 Å². The van der Waals surface area contributed by atoms with E-state index in [1.165, 1.54) is 11.9 Å². The number of amides is 1. The number of nitrogens with one attached hydrogen (secondary N) is 1. The van der Waals surface area contributed by atoms with Crippen molar-refractivity contribution < 1.29 is 13.9 Å². The average molecular weight is 583 g/mol. The number of benzene rings is 2. The highest BCUT2D eigenvalue weighted by Gasteiger charge is 2.31. The zero-order valence-electron chi connectivity index (χ0n) is 25.0. The fraction of sp³-hybridized carbons (Fsp3) is 0.344. The first-order valence-electron chi connectivity index (χ1n) is 14.4. The van der Waals surface area contributed by atoms with Crippen LogP contribution >= 0.6 is 0 Å². The summed E-state index contributed by atoms with van der Waals surface area (Å²) in [5.41, 5.74) is 5.42. The number of piperazine rings is 1. The van der Waals surface area contributed by atoms with Crippen LogP contribution in [0.4, 0.5) is 26.4 Å². The monoisotopic (exact) mass is 582 g/mol. The molecule has 43 heavy (non-hydrogen) atoms. The van der Waals surface area contributed by atoms with Gasteiger partial charge in [0.1, 0.15) is 24.1 Å². The van der Waals surface area contributed by atoms with Crippen LogP contribution in [0.1, 0.15) is 44.4 Å². The van der Waals surface area contributed by atoms with Gasteiger partial charge in [-0.25, -0.2) is 28.7 Å². The number of hydrogen-bond donors (Lipinski definition) is 1. The lowest BCUT2D eigenvalue weighted by atomic mass is 10.0. The number of carbonyl (C=O) groups is 1. The molecule has 1 saturated heterocycles. The molecule has 6 rings (SSSR count). The van der Waals surface area contributed by atoms with Gasteiger partial charge in [-0.15, -0.1) is 0 Å². The third kappa shape index (κ3) is 5.93. The van der Waals surface area contributed by atoms with Crippen molar-refractivity contribution >= 4 is 39.8 Å². The van der Waals surface area contributed by atoms with Gasteiger partial charge in [0.15, 0.2) is 11.5 Å². The molecule has 5 aromatic rings. The Hall–Kier alpha value is -4.80. The van der Waals surface area contributed by atoms with E-state index in [2.05, 4.69) is 38.4 Å². The van der Waals surface area contributed by atoms with Crippen LogP contribution < -0.4 is 10.2 Å². The van der Waals surface area contributed by atoms with Crippen molar-refractivity contribution in [2.45, 2.75) is 52.7 Å². The summed E-state index contributed by atoms with van der Waals surface area (Å²) in [4.78, 5) is 29.3. The molecular weight excluding hydrogens is 547 g/mol. The summed E-state index contributed by atoms with van der Waals surface area (Å²) in [6, 6.07) is 13.6. The zero-order valence-corrected chi connectivity index (χ0v) is 25.0. The Bertz CT molecular complexity index is 1820. The number of pyridine rings is 1. The third-order valence-electron chi connectivity index (χ3n) is 7.65. The second-order valence-corrected chi connectivity index (χ2v) is 12.0. The molecule has 1 aliphatic rings. The summed E-state index contributed by atoms with van der Waals surface area (Å²) in [7, 11) is 0. The lowest BCUT2D eigenvalue weighted by Crippen LogP contribution is -2.54. The molecule has 1 atom stereocenters. The van der Waals surface area contributed by atoms with Gasteiger partial charge < -0.3 is 19.9 Å². The van der Waals surface area contributed by atoms with Gasteiger partial charge in [0, 0.05) is 37.6 Å². The Morgan fingerprint density at radius 2 is 1.91 bits per heavy atom. The highest BCUT2D eigenvalue weighted by molar-refractivity contribution is 5.94. The van der Waals surface area contributed by atoms with Gasteiger partial charge in [-0.05, 0) is 94.1 Å². The van der Waals surface area contributed by atoms with Crippen LogP contribution in [0.15, 0.2) is 61.3 Å². The van der Waals surface area contributed by atoms with Gasteiger partial charge in [0.05, 0.1) is 16.6 Å². The smallest absolute Gasteiger partial charge is 0.410 e. The standard InChI is InChI=1S/C32H35FN8O2/c1-20-14-24(7-6-23(20)15-22-10-11-41-27(16-22)35-19-37-41)38-30-28-25(34-18-36-30)8-9-26(29(28)33)40-13-12-39(17-21(40)2)31(42)43-32(3,4)5/h6-11,14,16,18-19,21H,12-13,15,17H2,1-5H3,(H,34,36,38). The van der Waals surface area contributed by atoms with Gasteiger partial charge in [0.25, 0.3) is 0 Å². The first-order valence-corrected chi connectivity index (χ1v) is 14.4. The third-order valence-corrected chi connectivity index (χ3v) is 7.65. The van der Waals surface area contributed by atoms with Crippen molar-refractivity contribution in [3.63, 3.8) is 0 Å². The van der Waals surface area contributed by atoms with Crippen molar-refractivity contribution in [1.29, 1.82) is 0 Å².